The number of hydrogen-bond donors (Lipinski definition) is 2. The summed E-state index contributed by atoms with van der Waals surface area (Å²) in [5.41, 5.74) is 1.88. The van der Waals surface area contributed by atoms with Crippen molar-refractivity contribution in [3.05, 3.63) is 89.1 Å². The maximum atomic E-state index is 12.4. The lowest BCUT2D eigenvalue weighted by Crippen LogP contribution is -2.29. The third-order valence-electron chi connectivity index (χ3n) is 4.45. The van der Waals surface area contributed by atoms with Crippen LogP contribution in [0.25, 0.3) is 0 Å². The van der Waals surface area contributed by atoms with Crippen molar-refractivity contribution < 1.29 is 19.5 Å². The van der Waals surface area contributed by atoms with E-state index in [2.05, 4.69) is 10.3 Å². The van der Waals surface area contributed by atoms with E-state index in [9.17, 15) is 19.5 Å². The van der Waals surface area contributed by atoms with Crippen LogP contribution in [-0.4, -0.2) is 32.7 Å². The molecule has 0 unspecified atom stereocenters. The van der Waals surface area contributed by atoms with E-state index in [1.165, 1.54) is 17.2 Å². The third kappa shape index (κ3) is 3.09. The average molecular weight is 373 g/mol. The number of rotatable bonds is 4. The second kappa shape index (κ2) is 6.96. The lowest BCUT2D eigenvalue weighted by atomic mass is 10.1. The molecule has 1 aromatic heterocycles. The van der Waals surface area contributed by atoms with E-state index in [0.717, 1.165) is 0 Å². The average Bonchev–Trinajstić information content (AvgIpc) is 2.95. The van der Waals surface area contributed by atoms with Gasteiger partial charge in [-0.25, -0.2) is 4.98 Å². The van der Waals surface area contributed by atoms with Gasteiger partial charge in [0.1, 0.15) is 0 Å². The van der Waals surface area contributed by atoms with Gasteiger partial charge in [-0.3, -0.25) is 19.3 Å². The van der Waals surface area contributed by atoms with Gasteiger partial charge < -0.3 is 10.4 Å². The maximum Gasteiger partial charge on any atom is 0.261 e. The third-order valence-corrected chi connectivity index (χ3v) is 4.45. The molecule has 0 radical (unpaired) electrons. The zero-order valence-electron chi connectivity index (χ0n) is 14.6. The molecule has 1 aliphatic rings. The zero-order chi connectivity index (χ0) is 19.7. The largest absolute Gasteiger partial charge is 0.504 e. The molecule has 0 aliphatic carbocycles. The minimum Gasteiger partial charge on any atom is -0.504 e. The maximum absolute atomic E-state index is 12.4. The normalized spacial score (nSPS) is 12.8. The van der Waals surface area contributed by atoms with Crippen LogP contribution in [0.3, 0.4) is 0 Å². The van der Waals surface area contributed by atoms with Crippen molar-refractivity contribution >= 4 is 23.5 Å². The summed E-state index contributed by atoms with van der Waals surface area (Å²) in [5, 5.41) is 12.2. The lowest BCUT2D eigenvalue weighted by molar-refractivity contribution is 0.0642. The molecule has 1 aliphatic heterocycles. The molecule has 138 valence electrons. The Balaban J connectivity index is 1.47. The van der Waals surface area contributed by atoms with Gasteiger partial charge in [-0.15, -0.1) is 0 Å². The molecule has 0 bridgehead atoms. The fourth-order valence-corrected chi connectivity index (χ4v) is 3.00. The van der Waals surface area contributed by atoms with Gasteiger partial charge in [0.15, 0.2) is 11.6 Å². The Kier molecular flexibility index (Phi) is 4.33. The van der Waals surface area contributed by atoms with Crippen molar-refractivity contribution in [3.63, 3.8) is 0 Å². The van der Waals surface area contributed by atoms with E-state index in [4.69, 9.17) is 0 Å². The fraction of sp³-hybridized carbons (Fsp3) is 0.0476. The molecular formula is C21H15N3O4. The number of nitrogens with zero attached hydrogens (tertiary/aromatic N) is 2. The van der Waals surface area contributed by atoms with E-state index in [1.807, 2.05) is 0 Å². The minimum atomic E-state index is -0.429. The van der Waals surface area contributed by atoms with Crippen molar-refractivity contribution in [1.82, 2.24) is 9.88 Å². The number of aromatic hydroxyl groups is 1. The predicted molar refractivity (Wildman–Crippen MR) is 101 cm³/mol. The van der Waals surface area contributed by atoms with E-state index in [1.54, 1.807) is 54.6 Å². The SMILES string of the molecule is O=C(Nc1ncccc1O)c1ccc(CN2C(=O)c3ccccc3C2=O)cc1. The van der Waals surface area contributed by atoms with Gasteiger partial charge in [-0.2, -0.15) is 0 Å². The van der Waals surface area contributed by atoms with Gasteiger partial charge in [0.05, 0.1) is 17.7 Å². The summed E-state index contributed by atoms with van der Waals surface area (Å²) in [6.07, 6.45) is 1.46. The van der Waals surface area contributed by atoms with Gasteiger partial charge in [0.25, 0.3) is 17.7 Å². The van der Waals surface area contributed by atoms with Crippen LogP contribution in [0.4, 0.5) is 5.82 Å². The summed E-state index contributed by atoms with van der Waals surface area (Å²) in [4.78, 5) is 42.2. The molecule has 7 nitrogen and oxygen atoms in total. The Labute approximate surface area is 160 Å². The molecule has 2 heterocycles. The van der Waals surface area contributed by atoms with Crippen LogP contribution in [0.15, 0.2) is 66.9 Å². The summed E-state index contributed by atoms with van der Waals surface area (Å²) >= 11 is 0. The van der Waals surface area contributed by atoms with Gasteiger partial charge in [0.2, 0.25) is 0 Å². The van der Waals surface area contributed by atoms with Crippen molar-refractivity contribution in [2.45, 2.75) is 6.54 Å². The van der Waals surface area contributed by atoms with Crippen LogP contribution in [0.5, 0.6) is 5.75 Å². The van der Waals surface area contributed by atoms with Gasteiger partial charge in [-0.1, -0.05) is 24.3 Å². The summed E-state index contributed by atoms with van der Waals surface area (Å²) in [7, 11) is 0. The van der Waals surface area contributed by atoms with Crippen LogP contribution in [0.2, 0.25) is 0 Å². The second-order valence-electron chi connectivity index (χ2n) is 6.26. The van der Waals surface area contributed by atoms with Crippen LogP contribution in [0, 0.1) is 0 Å². The minimum absolute atomic E-state index is 0.0719. The standard InChI is InChI=1S/C21H15N3O4/c25-17-6-3-11-22-18(17)23-19(26)14-9-7-13(8-10-14)12-24-20(27)15-4-1-2-5-16(15)21(24)28/h1-11,25H,12H2,(H,22,23,26). The van der Waals surface area contributed by atoms with Gasteiger partial charge in [0, 0.05) is 11.8 Å². The molecule has 2 N–H and O–H groups in total. The fourth-order valence-electron chi connectivity index (χ4n) is 3.00. The van der Waals surface area contributed by atoms with Crippen LogP contribution < -0.4 is 5.32 Å². The first-order valence-corrected chi connectivity index (χ1v) is 8.54. The molecule has 0 atom stereocenters. The topological polar surface area (TPSA) is 99.6 Å². The monoisotopic (exact) mass is 373 g/mol. The number of nitrogens with one attached hydrogen (secondary N) is 1. The highest BCUT2D eigenvalue weighted by molar-refractivity contribution is 6.21. The van der Waals surface area contributed by atoms with E-state index in [-0.39, 0.29) is 29.9 Å². The van der Waals surface area contributed by atoms with Gasteiger partial charge >= 0.3 is 0 Å². The van der Waals surface area contributed by atoms with E-state index in [0.29, 0.717) is 22.3 Å². The quantitative estimate of drug-likeness (QED) is 0.685. The molecular weight excluding hydrogens is 358 g/mol. The number of anilines is 1. The highest BCUT2D eigenvalue weighted by Gasteiger charge is 2.34. The molecule has 3 amide bonds. The molecule has 3 aromatic rings. The highest BCUT2D eigenvalue weighted by Crippen LogP contribution is 2.24. The first-order chi connectivity index (χ1) is 13.5. The van der Waals surface area contributed by atoms with Crippen LogP contribution in [-0.2, 0) is 6.54 Å². The number of benzene rings is 2. The molecule has 0 fully saturated rings. The first kappa shape index (κ1) is 17.4. The lowest BCUT2D eigenvalue weighted by Gasteiger charge is -2.14. The Morgan fingerprint density at radius 1 is 0.929 bits per heavy atom. The second-order valence-corrected chi connectivity index (χ2v) is 6.26. The summed E-state index contributed by atoms with van der Waals surface area (Å²) in [6, 6.07) is 16.2. The molecule has 2 aromatic carbocycles. The number of amides is 3. The molecule has 28 heavy (non-hydrogen) atoms. The van der Waals surface area contributed by atoms with Crippen molar-refractivity contribution in [3.8, 4) is 5.75 Å². The van der Waals surface area contributed by atoms with Crippen molar-refractivity contribution in [2.24, 2.45) is 0 Å². The molecule has 0 saturated carbocycles. The summed E-state index contributed by atoms with van der Waals surface area (Å²) < 4.78 is 0. The van der Waals surface area contributed by atoms with E-state index < -0.39 is 5.91 Å². The number of imide groups is 1. The molecule has 7 heteroatoms. The summed E-state index contributed by atoms with van der Waals surface area (Å²) in [6.45, 7) is 0.120. The molecule has 0 saturated heterocycles. The van der Waals surface area contributed by atoms with Crippen LogP contribution in [0.1, 0.15) is 36.6 Å². The Morgan fingerprint density at radius 3 is 2.18 bits per heavy atom. The smallest absolute Gasteiger partial charge is 0.261 e. The zero-order valence-corrected chi connectivity index (χ0v) is 14.6. The van der Waals surface area contributed by atoms with Crippen molar-refractivity contribution in [2.75, 3.05) is 5.32 Å². The molecule has 4 rings (SSSR count). The Bertz CT molecular complexity index is 1060. The Hall–Kier alpha value is -4.00. The van der Waals surface area contributed by atoms with Crippen molar-refractivity contribution in [1.29, 1.82) is 0 Å². The molecule has 0 spiro atoms. The number of aromatic nitrogens is 1. The number of pyridine rings is 1. The summed E-state index contributed by atoms with van der Waals surface area (Å²) in [5.74, 6) is -1.14. The number of hydrogen-bond acceptors (Lipinski definition) is 5. The first-order valence-electron chi connectivity index (χ1n) is 8.54. The number of fused-ring (bicyclic) bond motifs is 1. The number of carbonyl (C=O) groups excluding carboxylic acids is 3. The predicted octanol–water partition coefficient (Wildman–Crippen LogP) is 2.84. The highest BCUT2D eigenvalue weighted by atomic mass is 16.3. The van der Waals surface area contributed by atoms with Gasteiger partial charge in [-0.05, 0) is 42.0 Å². The Morgan fingerprint density at radius 2 is 1.57 bits per heavy atom. The number of carbonyl (C=O) groups is 3. The van der Waals surface area contributed by atoms with Crippen LogP contribution >= 0.6 is 0 Å². The van der Waals surface area contributed by atoms with E-state index >= 15 is 0 Å².